The fourth-order valence-electron chi connectivity index (χ4n) is 3.78. The van der Waals surface area contributed by atoms with Crippen LogP contribution in [-0.4, -0.2) is 37.3 Å². The maximum Gasteiger partial charge on any atom is 0.262 e. The van der Waals surface area contributed by atoms with Gasteiger partial charge in [0.25, 0.3) is 11.8 Å². The van der Waals surface area contributed by atoms with Gasteiger partial charge in [-0.25, -0.2) is 5.43 Å². The molecule has 40 heavy (non-hydrogen) atoms. The smallest absolute Gasteiger partial charge is 0.262 e. The van der Waals surface area contributed by atoms with Gasteiger partial charge < -0.3 is 19.5 Å². The summed E-state index contributed by atoms with van der Waals surface area (Å²) in [5.41, 5.74) is 5.14. The second-order valence-corrected chi connectivity index (χ2v) is 10.0. The topological polar surface area (TPSA) is 98.2 Å². The second kappa shape index (κ2) is 15.5. The summed E-state index contributed by atoms with van der Waals surface area (Å²) in [6.07, 6.45) is 1.96. The fraction of sp³-hybridized carbons (Fsp3) is 0.323. The normalized spacial score (nSPS) is 11.8. The molecule has 0 heterocycles. The molecule has 2 N–H and O–H groups in total. The van der Waals surface area contributed by atoms with Crippen molar-refractivity contribution in [1.29, 1.82) is 0 Å². The lowest BCUT2D eigenvalue weighted by atomic mass is 10.0. The van der Waals surface area contributed by atoms with Gasteiger partial charge in [0.1, 0.15) is 18.4 Å². The van der Waals surface area contributed by atoms with Gasteiger partial charge in [0, 0.05) is 5.02 Å². The van der Waals surface area contributed by atoms with Crippen molar-refractivity contribution in [2.24, 2.45) is 11.0 Å². The predicted octanol–water partition coefficient (Wildman–Crippen LogP) is 5.69. The Balaban J connectivity index is 1.58. The highest BCUT2D eigenvalue weighted by atomic mass is 35.5. The van der Waals surface area contributed by atoms with Crippen molar-refractivity contribution >= 4 is 29.6 Å². The molecule has 0 fully saturated rings. The first-order valence-electron chi connectivity index (χ1n) is 13.2. The van der Waals surface area contributed by atoms with Crippen molar-refractivity contribution in [1.82, 2.24) is 10.7 Å². The quantitative estimate of drug-likeness (QED) is 0.193. The molecule has 9 heteroatoms. The molecule has 212 valence electrons. The Morgan fingerprint density at radius 1 is 0.950 bits per heavy atom. The molecule has 0 aliphatic rings. The molecule has 3 rings (SSSR count). The molecule has 0 saturated heterocycles. The van der Waals surface area contributed by atoms with E-state index in [9.17, 15) is 9.59 Å². The van der Waals surface area contributed by atoms with Crippen LogP contribution in [0, 0.1) is 12.8 Å². The minimum Gasteiger partial charge on any atom is -0.490 e. The summed E-state index contributed by atoms with van der Waals surface area (Å²) in [5.74, 6) is 1.15. The van der Waals surface area contributed by atoms with E-state index in [2.05, 4.69) is 15.8 Å². The number of rotatable bonds is 14. The number of halogens is 1. The average molecular weight is 566 g/mol. The van der Waals surface area contributed by atoms with Crippen LogP contribution in [-0.2, 0) is 16.2 Å². The number of nitrogens with zero attached hydrogens (tertiary/aromatic N) is 1. The van der Waals surface area contributed by atoms with Crippen molar-refractivity contribution in [3.05, 3.63) is 88.4 Å². The predicted molar refractivity (Wildman–Crippen MR) is 157 cm³/mol. The van der Waals surface area contributed by atoms with E-state index < -0.39 is 11.9 Å². The van der Waals surface area contributed by atoms with Gasteiger partial charge in [0.15, 0.2) is 18.1 Å². The number of hydrazone groups is 1. The number of para-hydroxylation sites is 1. The molecular formula is C31H36ClN3O5. The van der Waals surface area contributed by atoms with Crippen LogP contribution in [0.5, 0.6) is 17.2 Å². The van der Waals surface area contributed by atoms with Crippen molar-refractivity contribution in [2.45, 2.75) is 46.8 Å². The standard InChI is InChI=1S/C31H36ClN3O5/c1-5-38-29-17-24(12-15-28(29)39-19-23-10-13-25(32)14-11-23)18-33-35-31(37)26(16-21(2)3)34-30(36)20-40-27-9-7-6-8-22(27)4/h6-15,17-18,21,26H,5,16,19-20H2,1-4H3,(H,34,36)(H,35,37)/b33-18-/t26-/m1/s1. The van der Waals surface area contributed by atoms with E-state index in [0.717, 1.165) is 11.1 Å². The van der Waals surface area contributed by atoms with Crippen LogP contribution >= 0.6 is 11.6 Å². The van der Waals surface area contributed by atoms with Crippen LogP contribution < -0.4 is 25.0 Å². The minimum atomic E-state index is -0.757. The summed E-state index contributed by atoms with van der Waals surface area (Å²) in [4.78, 5) is 25.4. The number of nitrogens with one attached hydrogen (secondary N) is 2. The third kappa shape index (κ3) is 9.93. The van der Waals surface area contributed by atoms with Gasteiger partial charge in [0.05, 0.1) is 12.8 Å². The minimum absolute atomic E-state index is 0.173. The Morgan fingerprint density at radius 3 is 2.40 bits per heavy atom. The number of carbonyl (C=O) groups is 2. The van der Waals surface area contributed by atoms with Crippen LogP contribution in [0.15, 0.2) is 71.8 Å². The summed E-state index contributed by atoms with van der Waals surface area (Å²) in [6.45, 7) is 8.37. The number of ether oxygens (including phenoxy) is 3. The molecule has 0 radical (unpaired) electrons. The van der Waals surface area contributed by atoms with Crippen LogP contribution in [0.25, 0.3) is 0 Å². The molecule has 3 aromatic carbocycles. The molecule has 0 spiro atoms. The zero-order valence-electron chi connectivity index (χ0n) is 23.3. The summed E-state index contributed by atoms with van der Waals surface area (Å²) in [5, 5.41) is 7.52. The average Bonchev–Trinajstić information content (AvgIpc) is 2.92. The van der Waals surface area contributed by atoms with E-state index in [1.165, 1.54) is 6.21 Å². The third-order valence-corrected chi connectivity index (χ3v) is 6.03. The van der Waals surface area contributed by atoms with E-state index >= 15 is 0 Å². The first kappa shape index (κ1) is 30.5. The van der Waals surface area contributed by atoms with E-state index in [4.69, 9.17) is 25.8 Å². The number of carbonyl (C=O) groups excluding carboxylic acids is 2. The zero-order chi connectivity index (χ0) is 28.9. The van der Waals surface area contributed by atoms with Gasteiger partial charge in [-0.1, -0.05) is 55.8 Å². The van der Waals surface area contributed by atoms with Crippen LogP contribution in [0.1, 0.15) is 43.9 Å². The maximum atomic E-state index is 12.9. The van der Waals surface area contributed by atoms with Crippen molar-refractivity contribution in [3.63, 3.8) is 0 Å². The Bertz CT molecular complexity index is 1290. The van der Waals surface area contributed by atoms with E-state index in [0.29, 0.717) is 47.5 Å². The summed E-state index contributed by atoms with van der Waals surface area (Å²) in [7, 11) is 0. The van der Waals surface area contributed by atoms with Crippen molar-refractivity contribution in [2.75, 3.05) is 13.2 Å². The third-order valence-electron chi connectivity index (χ3n) is 5.77. The number of hydrogen-bond acceptors (Lipinski definition) is 6. The van der Waals surface area contributed by atoms with Crippen molar-refractivity contribution in [3.8, 4) is 17.2 Å². The molecule has 0 bridgehead atoms. The lowest BCUT2D eigenvalue weighted by Gasteiger charge is -2.19. The van der Waals surface area contributed by atoms with Crippen LogP contribution in [0.4, 0.5) is 0 Å². The highest BCUT2D eigenvalue weighted by Crippen LogP contribution is 2.29. The van der Waals surface area contributed by atoms with E-state index in [-0.39, 0.29) is 18.4 Å². The first-order valence-corrected chi connectivity index (χ1v) is 13.6. The molecule has 0 unspecified atom stereocenters. The SMILES string of the molecule is CCOc1cc(/C=N\NC(=O)[C@@H](CC(C)C)NC(=O)COc2ccccc2C)ccc1OCc1ccc(Cl)cc1. The Hall–Kier alpha value is -4.04. The number of benzene rings is 3. The molecular weight excluding hydrogens is 530 g/mol. The summed E-state index contributed by atoms with van der Waals surface area (Å²) >= 11 is 5.95. The monoisotopic (exact) mass is 565 g/mol. The van der Waals surface area contributed by atoms with Crippen LogP contribution in [0.3, 0.4) is 0 Å². The molecule has 8 nitrogen and oxygen atoms in total. The largest absolute Gasteiger partial charge is 0.490 e. The van der Waals surface area contributed by atoms with Gasteiger partial charge in [-0.2, -0.15) is 5.10 Å². The zero-order valence-corrected chi connectivity index (χ0v) is 24.0. The number of hydrogen-bond donors (Lipinski definition) is 2. The molecule has 0 aliphatic carbocycles. The molecule has 1 atom stereocenters. The van der Waals surface area contributed by atoms with Crippen LogP contribution in [0.2, 0.25) is 5.02 Å². The second-order valence-electron chi connectivity index (χ2n) is 9.59. The van der Waals surface area contributed by atoms with Gasteiger partial charge in [-0.05, 0) is 79.3 Å². The fourth-order valence-corrected chi connectivity index (χ4v) is 3.91. The highest BCUT2D eigenvalue weighted by Gasteiger charge is 2.22. The maximum absolute atomic E-state index is 12.9. The lowest BCUT2D eigenvalue weighted by molar-refractivity contribution is -0.130. The Kier molecular flexibility index (Phi) is 11.8. The van der Waals surface area contributed by atoms with Gasteiger partial charge in [0.2, 0.25) is 0 Å². The van der Waals surface area contributed by atoms with Crippen molar-refractivity contribution < 1.29 is 23.8 Å². The van der Waals surface area contributed by atoms with E-state index in [1.807, 2.05) is 76.2 Å². The lowest BCUT2D eigenvalue weighted by Crippen LogP contribution is -2.47. The van der Waals surface area contributed by atoms with Gasteiger partial charge in [-0.15, -0.1) is 0 Å². The van der Waals surface area contributed by atoms with Gasteiger partial charge >= 0.3 is 0 Å². The van der Waals surface area contributed by atoms with Gasteiger partial charge in [-0.3, -0.25) is 9.59 Å². The highest BCUT2D eigenvalue weighted by molar-refractivity contribution is 6.30. The number of amides is 2. The molecule has 2 amide bonds. The summed E-state index contributed by atoms with van der Waals surface area (Å²) in [6, 6.07) is 19.5. The summed E-state index contributed by atoms with van der Waals surface area (Å²) < 4.78 is 17.3. The molecule has 0 aromatic heterocycles. The molecule has 0 aliphatic heterocycles. The number of aryl methyl sites for hydroxylation is 1. The Labute approximate surface area is 240 Å². The Morgan fingerprint density at radius 2 is 1.70 bits per heavy atom. The molecule has 0 saturated carbocycles. The first-order chi connectivity index (χ1) is 19.2. The van der Waals surface area contributed by atoms with E-state index in [1.54, 1.807) is 18.2 Å². The molecule has 3 aromatic rings.